The van der Waals surface area contributed by atoms with Gasteiger partial charge in [-0.25, -0.2) is 5.90 Å². The topological polar surface area (TPSA) is 38.5 Å². The molecule has 3 nitrogen and oxygen atoms in total. The molecule has 1 fully saturated rings. The van der Waals surface area contributed by atoms with Gasteiger partial charge in [0.05, 0.1) is 11.8 Å². The Balaban J connectivity index is 2.13. The Kier molecular flexibility index (Phi) is 3.05. The van der Waals surface area contributed by atoms with Crippen LogP contribution in [0.25, 0.3) is 0 Å². The lowest BCUT2D eigenvalue weighted by Gasteiger charge is -2.19. The number of nitrogens with zero attached hydrogens (tertiary/aromatic N) is 1. The molecule has 0 saturated carbocycles. The number of halogens is 1. The zero-order valence-electron chi connectivity index (χ0n) is 7.82. The lowest BCUT2D eigenvalue weighted by molar-refractivity contribution is 0.0690. The molecule has 2 rings (SSSR count). The van der Waals surface area contributed by atoms with E-state index in [0.717, 1.165) is 24.0 Å². The number of benzene rings is 1. The third kappa shape index (κ3) is 1.92. The van der Waals surface area contributed by atoms with Crippen molar-refractivity contribution in [1.29, 1.82) is 0 Å². The van der Waals surface area contributed by atoms with Crippen LogP contribution in [0, 0.1) is 0 Å². The van der Waals surface area contributed by atoms with E-state index >= 15 is 0 Å². The average molecular weight is 257 g/mol. The summed E-state index contributed by atoms with van der Waals surface area (Å²) in [4.78, 5) is 7.13. The van der Waals surface area contributed by atoms with E-state index in [9.17, 15) is 0 Å². The number of hydrogen-bond donors (Lipinski definition) is 1. The van der Waals surface area contributed by atoms with Gasteiger partial charge in [-0.1, -0.05) is 12.1 Å². The smallest absolute Gasteiger partial charge is 0.0978 e. The predicted molar refractivity (Wildman–Crippen MR) is 60.0 cm³/mol. The van der Waals surface area contributed by atoms with Gasteiger partial charge >= 0.3 is 0 Å². The minimum Gasteiger partial charge on any atom is -0.368 e. The zero-order chi connectivity index (χ0) is 9.97. The molecule has 1 aliphatic rings. The first-order valence-electron chi connectivity index (χ1n) is 4.66. The number of anilines is 1. The minimum atomic E-state index is 0.169. The van der Waals surface area contributed by atoms with Gasteiger partial charge < -0.3 is 4.90 Å². The number of hydrogen-bond acceptors (Lipinski definition) is 3. The molecule has 0 bridgehead atoms. The standard InChI is InChI=1S/C10H13BrN2O/c11-9-3-1-2-4-10(9)13-6-5-8(7-13)14-12/h1-4,8H,5-7,12H2. The number of para-hydroxylation sites is 1. The SMILES string of the molecule is NOC1CCN(c2ccccc2Br)C1. The summed E-state index contributed by atoms with van der Waals surface area (Å²) in [6.07, 6.45) is 1.17. The molecule has 1 saturated heterocycles. The molecule has 76 valence electrons. The van der Waals surface area contributed by atoms with Crippen molar-refractivity contribution in [3.05, 3.63) is 28.7 Å². The van der Waals surface area contributed by atoms with Crippen LogP contribution < -0.4 is 10.8 Å². The van der Waals surface area contributed by atoms with Crippen LogP contribution in [0.3, 0.4) is 0 Å². The van der Waals surface area contributed by atoms with E-state index in [0.29, 0.717) is 0 Å². The molecule has 2 N–H and O–H groups in total. The van der Waals surface area contributed by atoms with Gasteiger partial charge in [-0.2, -0.15) is 0 Å². The predicted octanol–water partition coefficient (Wildman–Crippen LogP) is 1.92. The molecule has 1 atom stereocenters. The molecule has 4 heteroatoms. The highest BCUT2D eigenvalue weighted by atomic mass is 79.9. The van der Waals surface area contributed by atoms with Crippen molar-refractivity contribution in [3.63, 3.8) is 0 Å². The minimum absolute atomic E-state index is 0.169. The Morgan fingerprint density at radius 2 is 2.21 bits per heavy atom. The van der Waals surface area contributed by atoms with Crippen LogP contribution >= 0.6 is 15.9 Å². The van der Waals surface area contributed by atoms with E-state index in [1.165, 1.54) is 5.69 Å². The van der Waals surface area contributed by atoms with Gasteiger partial charge in [0, 0.05) is 17.6 Å². The molecule has 1 unspecified atom stereocenters. The van der Waals surface area contributed by atoms with Gasteiger partial charge in [0.15, 0.2) is 0 Å². The monoisotopic (exact) mass is 256 g/mol. The second-order valence-corrected chi connectivity index (χ2v) is 4.30. The third-order valence-electron chi connectivity index (χ3n) is 2.53. The molecule has 0 spiro atoms. The molecular formula is C10H13BrN2O. The fourth-order valence-electron chi connectivity index (χ4n) is 1.77. The second-order valence-electron chi connectivity index (χ2n) is 3.44. The molecule has 14 heavy (non-hydrogen) atoms. The van der Waals surface area contributed by atoms with Crippen LogP contribution in [-0.2, 0) is 4.84 Å². The summed E-state index contributed by atoms with van der Waals surface area (Å²) in [5.41, 5.74) is 1.21. The van der Waals surface area contributed by atoms with Crippen molar-refractivity contribution >= 4 is 21.6 Å². The van der Waals surface area contributed by atoms with Gasteiger partial charge in [0.25, 0.3) is 0 Å². The Morgan fingerprint density at radius 3 is 2.86 bits per heavy atom. The normalized spacial score (nSPS) is 21.6. The van der Waals surface area contributed by atoms with Gasteiger partial charge in [0.2, 0.25) is 0 Å². The van der Waals surface area contributed by atoms with E-state index in [-0.39, 0.29) is 6.10 Å². The second kappa shape index (κ2) is 4.29. The molecule has 0 amide bonds. The van der Waals surface area contributed by atoms with Gasteiger partial charge in [-0.05, 0) is 34.5 Å². The first kappa shape index (κ1) is 9.96. The number of nitrogens with two attached hydrogens (primary N) is 1. The lowest BCUT2D eigenvalue weighted by atomic mass is 10.3. The summed E-state index contributed by atoms with van der Waals surface area (Å²) in [6, 6.07) is 8.20. The average Bonchev–Trinajstić information content (AvgIpc) is 2.67. The summed E-state index contributed by atoms with van der Waals surface area (Å²) in [5.74, 6) is 5.17. The molecule has 0 aliphatic carbocycles. The zero-order valence-corrected chi connectivity index (χ0v) is 9.40. The maximum absolute atomic E-state index is 5.17. The van der Waals surface area contributed by atoms with Crippen molar-refractivity contribution in [2.45, 2.75) is 12.5 Å². The van der Waals surface area contributed by atoms with Crippen LogP contribution in [0.1, 0.15) is 6.42 Å². The molecular weight excluding hydrogens is 244 g/mol. The quantitative estimate of drug-likeness (QED) is 0.822. The van der Waals surface area contributed by atoms with Crippen molar-refractivity contribution < 1.29 is 4.84 Å². The molecule has 0 radical (unpaired) electrons. The van der Waals surface area contributed by atoms with Gasteiger partial charge in [0.1, 0.15) is 0 Å². The Bertz CT molecular complexity index is 319. The first-order valence-corrected chi connectivity index (χ1v) is 5.45. The largest absolute Gasteiger partial charge is 0.368 e. The Hall–Kier alpha value is -0.580. The van der Waals surface area contributed by atoms with Crippen LogP contribution in [-0.4, -0.2) is 19.2 Å². The van der Waals surface area contributed by atoms with Crippen molar-refractivity contribution in [2.75, 3.05) is 18.0 Å². The fourth-order valence-corrected chi connectivity index (χ4v) is 2.30. The van der Waals surface area contributed by atoms with Crippen LogP contribution in [0.15, 0.2) is 28.7 Å². The number of rotatable bonds is 2. The maximum Gasteiger partial charge on any atom is 0.0978 e. The van der Waals surface area contributed by atoms with Gasteiger partial charge in [-0.15, -0.1) is 0 Å². The van der Waals surface area contributed by atoms with Crippen molar-refractivity contribution in [2.24, 2.45) is 5.90 Å². The summed E-state index contributed by atoms with van der Waals surface area (Å²) in [7, 11) is 0. The molecule has 1 aromatic rings. The first-order chi connectivity index (χ1) is 6.81. The summed E-state index contributed by atoms with van der Waals surface area (Å²) in [5, 5.41) is 0. The molecule has 1 aromatic carbocycles. The highest BCUT2D eigenvalue weighted by molar-refractivity contribution is 9.10. The summed E-state index contributed by atoms with van der Waals surface area (Å²) < 4.78 is 1.12. The Morgan fingerprint density at radius 1 is 1.43 bits per heavy atom. The van der Waals surface area contributed by atoms with E-state index in [2.05, 4.69) is 26.9 Å². The molecule has 1 heterocycles. The molecule has 0 aromatic heterocycles. The third-order valence-corrected chi connectivity index (χ3v) is 3.20. The van der Waals surface area contributed by atoms with Crippen molar-refractivity contribution in [3.8, 4) is 0 Å². The Labute approximate surface area is 91.9 Å². The van der Waals surface area contributed by atoms with Crippen molar-refractivity contribution in [1.82, 2.24) is 0 Å². The van der Waals surface area contributed by atoms with Gasteiger partial charge in [-0.3, -0.25) is 4.84 Å². The highest BCUT2D eigenvalue weighted by Gasteiger charge is 2.23. The lowest BCUT2D eigenvalue weighted by Crippen LogP contribution is -2.24. The van der Waals surface area contributed by atoms with E-state index in [4.69, 9.17) is 10.7 Å². The maximum atomic E-state index is 5.17. The summed E-state index contributed by atoms with van der Waals surface area (Å²) >= 11 is 3.53. The highest BCUT2D eigenvalue weighted by Crippen LogP contribution is 2.28. The van der Waals surface area contributed by atoms with E-state index in [1.54, 1.807) is 0 Å². The van der Waals surface area contributed by atoms with Crippen LogP contribution in [0.5, 0.6) is 0 Å². The molecule has 1 aliphatic heterocycles. The van der Waals surface area contributed by atoms with E-state index < -0.39 is 0 Å². The fraction of sp³-hybridized carbons (Fsp3) is 0.400. The van der Waals surface area contributed by atoms with Crippen LogP contribution in [0.4, 0.5) is 5.69 Å². The van der Waals surface area contributed by atoms with Crippen LogP contribution in [0.2, 0.25) is 0 Å². The van der Waals surface area contributed by atoms with E-state index in [1.807, 2.05) is 18.2 Å². The summed E-state index contributed by atoms with van der Waals surface area (Å²) in [6.45, 7) is 1.88.